The van der Waals surface area contributed by atoms with Crippen LogP contribution in [0.2, 0.25) is 0 Å². The number of sulfone groups is 1. The zero-order chi connectivity index (χ0) is 116. The van der Waals surface area contributed by atoms with Crippen LogP contribution in [0.15, 0.2) is 64.1 Å². The maximum Gasteiger partial charge on any atom is 0.189 e. The van der Waals surface area contributed by atoms with Gasteiger partial charge in [0, 0.05) is 36.4 Å². The topological polar surface area (TPSA) is 133 Å². The molecule has 872 valence electrons. The SMILES string of the molecule is CC(C)S(=O)(=O)c1ccc(-c2cnc(N)c(-c3cc(-c4ccc(CN[C@@H]5CCOC5)cc4F)no3)n2)cc1.PP(P)P(P)P(P(P)P)P(P(P(P)P)P(P)P)P(P(P(P(P(P)P)P(P)P)P(P(P)P)P(P)P)P(P(P(P)P)P(P)P)P(P(P)P)P(P)P)P(P(P(P(P(P)P)P(P)P)P(P(P)P)P(P)P)P(P(P(P)P)P(P)P)P(P(P)P)P(P)P)P(P(P(P(P)P)P(P)P)P(P(P)P)P(P)P)P(P(P(P)P)P(P)P)P(P(P)P)P(P)P. The van der Waals surface area contributed by atoms with Crippen LogP contribution in [-0.4, -0.2) is 48.0 Å². The van der Waals surface area contributed by atoms with E-state index in [-0.39, 0.29) is 33.8 Å². The van der Waals surface area contributed by atoms with Gasteiger partial charge in [-0.3, -0.25) is 0 Å². The van der Waals surface area contributed by atoms with Gasteiger partial charge >= 0.3 is 0 Å². The summed E-state index contributed by atoms with van der Waals surface area (Å²) in [5.41, 5.74) is 8.85. The predicted octanol–water partition coefficient (Wildman–Crippen LogP) is 70.2. The van der Waals surface area contributed by atoms with Gasteiger partial charge in [-0.05, 0) is 434 Å². The minimum absolute atomic E-state index is 0.119. The van der Waals surface area contributed by atoms with Crippen LogP contribution in [0.25, 0.3) is 34.0 Å². The minimum atomic E-state index is -3.39. The molecule has 150 heavy (non-hydrogen) atoms. The zero-order valence-electron chi connectivity index (χ0n) is 78.5. The summed E-state index contributed by atoms with van der Waals surface area (Å²) in [6.07, 6.45) is 2.44. The van der Waals surface area contributed by atoms with E-state index in [4.69, 9.17) is 15.0 Å². The van der Waals surface area contributed by atoms with Gasteiger partial charge in [0.25, 0.3) is 0 Å². The van der Waals surface area contributed by atoms with Crippen LogP contribution >= 0.6 is 893 Å². The number of anilines is 1. The van der Waals surface area contributed by atoms with Crippen molar-refractivity contribution < 1.29 is 22.1 Å². The van der Waals surface area contributed by atoms with E-state index >= 15 is 0 Å². The Kier molecular flexibility index (Phi) is 122. The highest BCUT2D eigenvalue weighted by Gasteiger charge is 2.69. The second kappa shape index (κ2) is 98.0. The van der Waals surface area contributed by atoms with E-state index in [1.165, 1.54) is 12.3 Å². The number of hydrogen-bond acceptors (Lipinski definition) is 9. The molecule has 1 saturated heterocycles. The van der Waals surface area contributed by atoms with Gasteiger partial charge in [0.05, 0.1) is 28.6 Å². The fourth-order valence-electron chi connectivity index (χ4n) is 11.1. The Hall–Kier alpha value is 44.5. The van der Waals surface area contributed by atoms with E-state index in [9.17, 15) is 12.8 Å². The molecule has 4 aromatic rings. The number of halogens is 1. The van der Waals surface area contributed by atoms with Crippen molar-refractivity contribution in [3.63, 3.8) is 0 Å². The van der Waals surface area contributed by atoms with E-state index in [1.807, 2.05) is 6.07 Å². The first-order chi connectivity index (χ1) is 69.1. The molecular formula is C27H142FN5O4P112S. The highest BCUT2D eigenvalue weighted by atomic mass is 33.7. The lowest BCUT2D eigenvalue weighted by atomic mass is 10.1. The van der Waals surface area contributed by atoms with Crippen LogP contribution in [0, 0.1) is 5.82 Å². The van der Waals surface area contributed by atoms with E-state index in [0.717, 1.165) is 18.6 Å². The maximum absolute atomic E-state index is 14.9. The monoisotopic (exact) mass is 4120 g/mol. The molecule has 3 heterocycles. The molecule has 0 amide bonds. The molecule has 1 fully saturated rings. The summed E-state index contributed by atoms with van der Waals surface area (Å²) in [5, 5.41) is 6.86. The van der Waals surface area contributed by atoms with Crippen molar-refractivity contribution in [1.29, 1.82) is 0 Å². The molecule has 1 aliphatic heterocycles. The number of rotatable bonds is 62. The van der Waals surface area contributed by atoms with Gasteiger partial charge in [0.15, 0.2) is 27.1 Å². The fraction of sp³-hybridized carbons (Fsp3) is 0.296. The first-order valence-corrected chi connectivity index (χ1v) is 243. The molecule has 3 N–H and O–H groups in total. The van der Waals surface area contributed by atoms with Crippen LogP contribution in [-0.2, 0) is 21.1 Å². The number of ether oxygens (including phenoxy) is 1. The van der Waals surface area contributed by atoms with Crippen molar-refractivity contribution in [1.82, 2.24) is 20.4 Å². The third-order valence-corrected chi connectivity index (χ3v) is 818. The normalized spacial score (nSPS) is 15.8. The third kappa shape index (κ3) is 60.5. The van der Waals surface area contributed by atoms with Gasteiger partial charge in [-0.1, -0.05) is 23.4 Å². The second-order valence-corrected chi connectivity index (χ2v) is 496. The first-order valence-electron chi connectivity index (χ1n) is 37.8. The molecule has 0 radical (unpaired) electrons. The Morgan fingerprint density at radius 2 is 0.567 bits per heavy atom. The van der Waals surface area contributed by atoms with E-state index in [0.29, 0.717) is 30.1 Å². The van der Waals surface area contributed by atoms with Crippen LogP contribution in [0.5, 0.6) is 0 Å². The molecule has 0 aliphatic carbocycles. The highest BCUT2D eigenvalue weighted by molar-refractivity contribution is 9.62. The van der Waals surface area contributed by atoms with Gasteiger partial charge in [-0.15, -0.1) is 509 Å². The number of nitrogens with two attached hydrogens (primary N) is 1. The molecule has 0 spiro atoms. The van der Waals surface area contributed by atoms with Crippen molar-refractivity contribution >= 4 is 909 Å². The summed E-state index contributed by atoms with van der Waals surface area (Å²) in [4.78, 5) is 9.01. The number of hydrogen-bond donors (Lipinski definition) is 2. The molecular weight excluding hydrogens is 3980 g/mol. The largest absolute Gasteiger partial charge is 0.382 e. The highest BCUT2D eigenvalue weighted by Crippen LogP contribution is 3.56. The predicted molar refractivity (Wildman–Crippen MR) is 1080 cm³/mol. The summed E-state index contributed by atoms with van der Waals surface area (Å²) in [7, 11) is 217. The molecule has 123 heteroatoms. The van der Waals surface area contributed by atoms with Crippen LogP contribution in [0.3, 0.4) is 0 Å². The van der Waals surface area contributed by atoms with Crippen LogP contribution in [0.1, 0.15) is 25.8 Å². The number of aromatic nitrogens is 3. The lowest BCUT2D eigenvalue weighted by Gasteiger charge is -2.65. The molecule has 1 aliphatic rings. The Bertz CT molecular complexity index is 4150. The average Bonchev–Trinajstić information content (AvgIpc) is 0.763. The zero-order valence-corrected chi connectivity index (χ0v) is 194. The van der Waals surface area contributed by atoms with Gasteiger partial charge in [-0.25, -0.2) is 22.8 Å². The molecule has 5 rings (SSSR count). The van der Waals surface area contributed by atoms with E-state index < -0.39 is 405 Å². The summed E-state index contributed by atoms with van der Waals surface area (Å²) < 4.78 is 50.6. The fourth-order valence-corrected chi connectivity index (χ4v) is 1680. The minimum Gasteiger partial charge on any atom is -0.382 e. The number of benzene rings is 2. The Morgan fingerprint density at radius 1 is 0.327 bits per heavy atom. The third-order valence-electron chi connectivity index (χ3n) is 16.5. The van der Waals surface area contributed by atoms with Crippen LogP contribution < -0.4 is 11.1 Å². The Balaban J connectivity index is 0.00000101. The Morgan fingerprint density at radius 3 is 0.780 bits per heavy atom. The van der Waals surface area contributed by atoms with Crippen molar-refractivity contribution in [3.05, 3.63) is 66.1 Å². The summed E-state index contributed by atoms with van der Waals surface area (Å²) in [5.74, 6) is -0.0680. The standard InChI is InChI=1S/C27H28FN5O4S.H114P112/c1-16(2)38(34,35)20-6-4-18(5-7-20)24-14-31-27(29)26(32-24)25-12-23(33-37-25)21-8-3-17(11-22(21)28)13-30-19-9-10-36-15-19;1-58(2)86(57)100(85(55)56)107(99(83(51)52)84(53)54)111(108(101(87(59(3)4)60(5)6)88(61(7)8)62(9)10)102(89(63(11)12)64(13)14)90(65(15)16)66(17)18)112(109(103(91(67(19)20)68(21)22)92(69(23)24)70(25)26)104(93(71(27)28)72(29)30)94(73(31)32)74(33)34)110(105(95(75(35)36)76(37)38)96(77(39)40)78(41)42)106(97(79(43)44)80(45)46)98(81(47)48)82(49)50/h3-8,11-12,14,16,19,30H,9-10,13,15H2,1-2H3,(H2,29,31);1-57H2/t19-;/m1./s1. The first kappa shape index (κ1) is 187. The van der Waals surface area contributed by atoms with Crippen LogP contribution in [0.4, 0.5) is 10.2 Å². The molecule has 9 nitrogen and oxygen atoms in total. The summed E-state index contributed by atoms with van der Waals surface area (Å²) in [6.45, 7) is -23.1. The molecule has 0 saturated carbocycles. The molecule has 2 aromatic carbocycles. The molecule has 62 atom stereocenters. The number of nitrogens with zero attached hydrogens (tertiary/aromatic N) is 3. The summed E-state index contributed by atoms with van der Waals surface area (Å²) in [6, 6.07) is 13.2. The molecule has 61 unspecified atom stereocenters. The average molecular weight is 4120 g/mol. The van der Waals surface area contributed by atoms with E-state index in [2.05, 4.69) is 529 Å². The molecule has 0 bridgehead atoms. The quantitative estimate of drug-likeness (QED) is 0.0415. The van der Waals surface area contributed by atoms with Crippen molar-refractivity contribution in [2.45, 2.75) is 43.0 Å². The van der Waals surface area contributed by atoms with Crippen molar-refractivity contribution in [2.75, 3.05) is 18.9 Å². The van der Waals surface area contributed by atoms with Gasteiger partial charge in [0.2, 0.25) is 0 Å². The van der Waals surface area contributed by atoms with E-state index in [1.54, 1.807) is 50.2 Å². The van der Waals surface area contributed by atoms with Gasteiger partial charge in [0.1, 0.15) is 11.5 Å². The lowest BCUT2D eigenvalue weighted by Crippen LogP contribution is -2.28. The summed E-state index contributed by atoms with van der Waals surface area (Å²) >= 11 is 0. The number of nitrogens with one attached hydrogen (secondary N) is 1. The van der Waals surface area contributed by atoms with Gasteiger partial charge in [-0.2, -0.15) is 0 Å². The number of nitrogen functional groups attached to an aromatic ring is 1. The van der Waals surface area contributed by atoms with Gasteiger partial charge < -0.3 is 20.3 Å². The van der Waals surface area contributed by atoms with Crippen molar-refractivity contribution in [3.8, 4) is 34.0 Å². The smallest absolute Gasteiger partial charge is 0.189 e. The molecule has 2 aromatic heterocycles. The second-order valence-electron chi connectivity index (χ2n) is 27.4. The van der Waals surface area contributed by atoms with Crippen molar-refractivity contribution in [2.24, 2.45) is 0 Å². The maximum atomic E-state index is 14.9. The lowest BCUT2D eigenvalue weighted by molar-refractivity contribution is 0.190. The Labute approximate surface area is 1100 Å².